The van der Waals surface area contributed by atoms with Gasteiger partial charge in [-0.15, -0.1) is 12.4 Å². The normalized spacial score (nSPS) is 44.2. The zero-order valence-corrected chi connectivity index (χ0v) is 13.4. The largest absolute Gasteiger partial charge is 0.378 e. The fourth-order valence-corrected chi connectivity index (χ4v) is 5.38. The van der Waals surface area contributed by atoms with Crippen LogP contribution in [0.1, 0.15) is 38.5 Å². The molecule has 4 saturated carbocycles. The number of nitrogens with one attached hydrogen (secondary N) is 2. The van der Waals surface area contributed by atoms with E-state index in [1.807, 2.05) is 0 Å². The van der Waals surface area contributed by atoms with Crippen molar-refractivity contribution < 1.29 is 9.53 Å². The van der Waals surface area contributed by atoms with Crippen LogP contribution in [0, 0.1) is 23.7 Å². The van der Waals surface area contributed by atoms with E-state index < -0.39 is 0 Å². The van der Waals surface area contributed by atoms with Crippen molar-refractivity contribution in [1.29, 1.82) is 0 Å². The monoisotopic (exact) mass is 314 g/mol. The van der Waals surface area contributed by atoms with Gasteiger partial charge in [0.05, 0.1) is 13.2 Å². The summed E-state index contributed by atoms with van der Waals surface area (Å²) < 4.78 is 5.42. The number of rotatable bonds is 3. The molecule has 5 fully saturated rings. The second-order valence-electron chi connectivity index (χ2n) is 7.45. The first-order chi connectivity index (χ1) is 9.78. The van der Waals surface area contributed by atoms with Gasteiger partial charge in [-0.05, 0) is 55.8 Å². The highest BCUT2D eigenvalue weighted by Crippen LogP contribution is 2.53. The van der Waals surface area contributed by atoms with Crippen LogP contribution >= 0.6 is 12.4 Å². The second-order valence-corrected chi connectivity index (χ2v) is 7.45. The Labute approximate surface area is 133 Å². The third-order valence-corrected chi connectivity index (χ3v) is 5.98. The molecule has 1 saturated heterocycles. The van der Waals surface area contributed by atoms with Gasteiger partial charge in [0.15, 0.2) is 0 Å². The van der Waals surface area contributed by atoms with Crippen LogP contribution in [-0.2, 0) is 9.53 Å². The number of hydrogen-bond acceptors (Lipinski definition) is 3. The quantitative estimate of drug-likeness (QED) is 0.834. The van der Waals surface area contributed by atoms with E-state index in [4.69, 9.17) is 4.74 Å². The Bertz CT molecular complexity index is 356. The Morgan fingerprint density at radius 3 is 2.33 bits per heavy atom. The summed E-state index contributed by atoms with van der Waals surface area (Å²) in [5, 5.41) is 6.74. The summed E-state index contributed by atoms with van der Waals surface area (Å²) in [5.74, 6) is 3.71. The molecule has 1 atom stereocenters. The van der Waals surface area contributed by atoms with Crippen molar-refractivity contribution in [2.75, 3.05) is 19.8 Å². The first-order valence-electron chi connectivity index (χ1n) is 8.38. The lowest BCUT2D eigenvalue weighted by Gasteiger charge is -2.54. The molecule has 0 aromatic heterocycles. The van der Waals surface area contributed by atoms with Gasteiger partial charge >= 0.3 is 0 Å². The average molecular weight is 315 g/mol. The summed E-state index contributed by atoms with van der Waals surface area (Å²) in [4.78, 5) is 12.3. The number of morpholine rings is 1. The van der Waals surface area contributed by atoms with E-state index in [9.17, 15) is 4.79 Å². The molecule has 5 rings (SSSR count). The van der Waals surface area contributed by atoms with Gasteiger partial charge in [-0.3, -0.25) is 4.79 Å². The minimum Gasteiger partial charge on any atom is -0.378 e. The first kappa shape index (κ1) is 15.6. The number of carbonyl (C=O) groups excluding carboxylic acids is 1. The van der Waals surface area contributed by atoms with E-state index in [1.54, 1.807) is 0 Å². The molecule has 5 heteroatoms. The van der Waals surface area contributed by atoms with Gasteiger partial charge in [-0.2, -0.15) is 0 Å². The van der Waals surface area contributed by atoms with Crippen LogP contribution in [0.3, 0.4) is 0 Å². The highest BCUT2D eigenvalue weighted by molar-refractivity contribution is 5.85. The Balaban J connectivity index is 0.00000132. The molecule has 1 aliphatic heterocycles. The zero-order chi connectivity index (χ0) is 13.5. The fourth-order valence-electron chi connectivity index (χ4n) is 5.38. The van der Waals surface area contributed by atoms with E-state index in [0.717, 1.165) is 36.8 Å². The van der Waals surface area contributed by atoms with Gasteiger partial charge in [0.25, 0.3) is 0 Å². The van der Waals surface area contributed by atoms with E-state index in [2.05, 4.69) is 10.6 Å². The molecule has 0 aromatic carbocycles. The zero-order valence-electron chi connectivity index (χ0n) is 12.6. The van der Waals surface area contributed by atoms with Crippen LogP contribution in [-0.4, -0.2) is 37.7 Å². The van der Waals surface area contributed by atoms with Crippen LogP contribution in [0.5, 0.6) is 0 Å². The number of hydrogen-bond donors (Lipinski definition) is 2. The summed E-state index contributed by atoms with van der Waals surface area (Å²) >= 11 is 0. The molecule has 120 valence electrons. The van der Waals surface area contributed by atoms with Gasteiger partial charge in [0.1, 0.15) is 0 Å². The first-order valence-corrected chi connectivity index (χ1v) is 8.38. The standard InChI is InChI=1S/C16H26N2O2.ClH/c19-15(8-14-9-20-2-1-17-14)18-16-12-4-10-3-11(6-12)7-13(16)5-10;/h10-14,16-17H,1-9H2,(H,18,19);1H. The van der Waals surface area contributed by atoms with Gasteiger partial charge < -0.3 is 15.4 Å². The van der Waals surface area contributed by atoms with Gasteiger partial charge in [0, 0.05) is 25.0 Å². The smallest absolute Gasteiger partial charge is 0.221 e. The summed E-state index contributed by atoms with van der Waals surface area (Å²) in [6.45, 7) is 2.32. The minimum absolute atomic E-state index is 0. The minimum atomic E-state index is 0. The highest BCUT2D eigenvalue weighted by atomic mass is 35.5. The Hall–Kier alpha value is -0.320. The van der Waals surface area contributed by atoms with Crippen molar-refractivity contribution >= 4 is 18.3 Å². The number of halogens is 1. The Kier molecular flexibility index (Phi) is 4.77. The summed E-state index contributed by atoms with van der Waals surface area (Å²) in [7, 11) is 0. The maximum Gasteiger partial charge on any atom is 0.221 e. The van der Waals surface area contributed by atoms with Gasteiger partial charge in [0.2, 0.25) is 5.91 Å². The summed E-state index contributed by atoms with van der Waals surface area (Å²) in [6.07, 6.45) is 7.50. The van der Waals surface area contributed by atoms with Crippen LogP contribution in [0.2, 0.25) is 0 Å². The maximum atomic E-state index is 12.3. The number of amides is 1. The van der Waals surface area contributed by atoms with E-state index in [1.165, 1.54) is 32.1 Å². The predicted octanol–water partition coefficient (Wildman–Crippen LogP) is 1.73. The SMILES string of the molecule is Cl.O=C(CC1COCCN1)NC1C2CC3CC(C2)CC1C3. The van der Waals surface area contributed by atoms with Crippen LogP contribution in [0.4, 0.5) is 0 Å². The van der Waals surface area contributed by atoms with Crippen LogP contribution in [0.15, 0.2) is 0 Å². The van der Waals surface area contributed by atoms with Crippen molar-refractivity contribution in [3.8, 4) is 0 Å². The molecule has 0 aromatic rings. The molecule has 21 heavy (non-hydrogen) atoms. The molecule has 0 radical (unpaired) electrons. The van der Waals surface area contributed by atoms with Gasteiger partial charge in [-0.1, -0.05) is 0 Å². The third kappa shape index (κ3) is 3.22. The molecule has 4 aliphatic carbocycles. The molecule has 5 aliphatic rings. The summed E-state index contributed by atoms with van der Waals surface area (Å²) in [5.41, 5.74) is 0. The van der Waals surface area contributed by atoms with E-state index in [-0.39, 0.29) is 24.4 Å². The Morgan fingerprint density at radius 2 is 1.76 bits per heavy atom. The molecule has 1 unspecified atom stereocenters. The summed E-state index contributed by atoms with van der Waals surface area (Å²) in [6, 6.07) is 0.681. The van der Waals surface area contributed by atoms with Crippen molar-refractivity contribution in [2.45, 2.75) is 50.6 Å². The van der Waals surface area contributed by atoms with E-state index in [0.29, 0.717) is 19.1 Å². The molecular formula is C16H27ClN2O2. The van der Waals surface area contributed by atoms with Crippen molar-refractivity contribution in [3.63, 3.8) is 0 Å². The number of ether oxygens (including phenoxy) is 1. The van der Waals surface area contributed by atoms with Crippen molar-refractivity contribution in [3.05, 3.63) is 0 Å². The molecular weight excluding hydrogens is 288 g/mol. The molecule has 1 heterocycles. The molecule has 0 spiro atoms. The Morgan fingerprint density at radius 1 is 1.10 bits per heavy atom. The average Bonchev–Trinajstić information content (AvgIpc) is 2.43. The molecule has 4 nitrogen and oxygen atoms in total. The van der Waals surface area contributed by atoms with Crippen molar-refractivity contribution in [1.82, 2.24) is 10.6 Å². The highest BCUT2D eigenvalue weighted by Gasteiger charge is 2.48. The maximum absolute atomic E-state index is 12.3. The van der Waals surface area contributed by atoms with Crippen LogP contribution < -0.4 is 10.6 Å². The lowest BCUT2D eigenvalue weighted by atomic mass is 9.54. The van der Waals surface area contributed by atoms with Crippen molar-refractivity contribution in [2.24, 2.45) is 23.7 Å². The topological polar surface area (TPSA) is 50.4 Å². The lowest BCUT2D eigenvalue weighted by molar-refractivity contribution is -0.126. The van der Waals surface area contributed by atoms with E-state index >= 15 is 0 Å². The molecule has 2 N–H and O–H groups in total. The molecule has 1 amide bonds. The third-order valence-electron chi connectivity index (χ3n) is 5.98. The van der Waals surface area contributed by atoms with Crippen LogP contribution in [0.25, 0.3) is 0 Å². The molecule has 4 bridgehead atoms. The number of carbonyl (C=O) groups is 1. The second kappa shape index (κ2) is 6.43. The fraction of sp³-hybridized carbons (Fsp3) is 0.938. The van der Waals surface area contributed by atoms with Gasteiger partial charge in [-0.25, -0.2) is 0 Å². The predicted molar refractivity (Wildman–Crippen MR) is 83.5 cm³/mol. The lowest BCUT2D eigenvalue weighted by Crippen LogP contribution is -2.56.